The lowest BCUT2D eigenvalue weighted by Gasteiger charge is -2.09. The van der Waals surface area contributed by atoms with Crippen molar-refractivity contribution in [1.82, 2.24) is 9.97 Å². The minimum Gasteiger partial charge on any atom is -0.454 e. The van der Waals surface area contributed by atoms with E-state index in [1.54, 1.807) is 11.5 Å². The van der Waals surface area contributed by atoms with Crippen LogP contribution in [0.15, 0.2) is 36.3 Å². The molecule has 1 aliphatic heterocycles. The highest BCUT2D eigenvalue weighted by Crippen LogP contribution is 2.36. The SMILES string of the molecule is C=CS/C(=C\C)c1nc(Oc2ccc3c(c2)OCO3)/c(=C/C)c(=C)n1. The largest absolute Gasteiger partial charge is 0.454 e. The Hall–Kier alpha value is -2.73. The molecule has 0 spiro atoms. The minimum absolute atomic E-state index is 0.219. The molecule has 2 heterocycles. The summed E-state index contributed by atoms with van der Waals surface area (Å²) in [4.78, 5) is 9.94. The molecule has 0 radical (unpaired) electrons. The van der Waals surface area contributed by atoms with E-state index in [0.29, 0.717) is 34.3 Å². The zero-order chi connectivity index (χ0) is 17.8. The molecule has 0 fully saturated rings. The molecular formula is C19H18N2O3S. The predicted molar refractivity (Wildman–Crippen MR) is 101 cm³/mol. The molecule has 0 unspecified atom stereocenters. The number of hydrogen-bond acceptors (Lipinski definition) is 6. The number of rotatable bonds is 5. The summed E-state index contributed by atoms with van der Waals surface area (Å²) < 4.78 is 16.7. The highest BCUT2D eigenvalue weighted by atomic mass is 32.2. The average molecular weight is 354 g/mol. The third-order valence-electron chi connectivity index (χ3n) is 3.53. The van der Waals surface area contributed by atoms with Gasteiger partial charge in [0.15, 0.2) is 17.3 Å². The van der Waals surface area contributed by atoms with Gasteiger partial charge in [0.25, 0.3) is 0 Å². The highest BCUT2D eigenvalue weighted by molar-refractivity contribution is 8.10. The van der Waals surface area contributed by atoms with Gasteiger partial charge in [-0.15, -0.1) is 0 Å². The van der Waals surface area contributed by atoms with Crippen LogP contribution in [0.4, 0.5) is 0 Å². The number of fused-ring (bicyclic) bond motifs is 1. The highest BCUT2D eigenvalue weighted by Gasteiger charge is 2.15. The molecule has 128 valence electrons. The number of thioether (sulfide) groups is 1. The summed E-state index contributed by atoms with van der Waals surface area (Å²) in [6.45, 7) is 11.8. The molecule has 0 aliphatic carbocycles. The fourth-order valence-electron chi connectivity index (χ4n) is 2.36. The molecule has 0 atom stereocenters. The van der Waals surface area contributed by atoms with Crippen molar-refractivity contribution >= 4 is 29.3 Å². The summed E-state index contributed by atoms with van der Waals surface area (Å²) in [5.74, 6) is 2.96. The Kier molecular flexibility index (Phi) is 5.09. The molecule has 25 heavy (non-hydrogen) atoms. The zero-order valence-corrected chi connectivity index (χ0v) is 14.9. The quantitative estimate of drug-likeness (QED) is 0.820. The van der Waals surface area contributed by atoms with Crippen LogP contribution in [0.2, 0.25) is 0 Å². The van der Waals surface area contributed by atoms with Crippen LogP contribution in [0.3, 0.4) is 0 Å². The van der Waals surface area contributed by atoms with Crippen LogP contribution < -0.4 is 24.8 Å². The van der Waals surface area contributed by atoms with E-state index < -0.39 is 0 Å². The van der Waals surface area contributed by atoms with E-state index in [4.69, 9.17) is 14.2 Å². The number of ether oxygens (including phenoxy) is 3. The number of aromatic nitrogens is 2. The molecule has 1 aliphatic rings. The van der Waals surface area contributed by atoms with Gasteiger partial charge in [0.1, 0.15) is 5.75 Å². The van der Waals surface area contributed by atoms with Crippen molar-refractivity contribution < 1.29 is 14.2 Å². The van der Waals surface area contributed by atoms with Crippen LogP contribution in [0.1, 0.15) is 19.7 Å². The van der Waals surface area contributed by atoms with Crippen LogP contribution >= 0.6 is 11.8 Å². The van der Waals surface area contributed by atoms with Gasteiger partial charge in [0.05, 0.1) is 15.5 Å². The summed E-state index contributed by atoms with van der Waals surface area (Å²) >= 11 is 1.45. The number of nitrogens with zero attached hydrogens (tertiary/aromatic N) is 2. The maximum absolute atomic E-state index is 6.00. The van der Waals surface area contributed by atoms with Crippen molar-refractivity contribution in [2.75, 3.05) is 6.79 Å². The second-order valence-corrected chi connectivity index (χ2v) is 6.06. The smallest absolute Gasteiger partial charge is 0.231 e. The molecule has 5 nitrogen and oxygen atoms in total. The first-order chi connectivity index (χ1) is 12.2. The van der Waals surface area contributed by atoms with Crippen molar-refractivity contribution in [3.8, 4) is 23.1 Å². The standard InChI is InChI=1S/C19H18N2O3S/c1-5-14-12(4)20-18(17(6-2)25-7-3)21-19(14)24-13-8-9-15-16(10-13)23-11-22-15/h5-10H,3-4,11H2,1-2H3/b14-5+,17-6-. The summed E-state index contributed by atoms with van der Waals surface area (Å²) in [5, 5.41) is 3.09. The summed E-state index contributed by atoms with van der Waals surface area (Å²) in [5.41, 5.74) is 0. The molecule has 1 aromatic heterocycles. The van der Waals surface area contributed by atoms with Gasteiger partial charge in [-0.3, -0.25) is 0 Å². The molecule has 0 saturated carbocycles. The van der Waals surface area contributed by atoms with E-state index in [1.165, 1.54) is 11.8 Å². The van der Waals surface area contributed by atoms with E-state index in [1.807, 2.05) is 38.1 Å². The molecule has 6 heteroatoms. The van der Waals surface area contributed by atoms with E-state index in [2.05, 4.69) is 23.1 Å². The van der Waals surface area contributed by atoms with Gasteiger partial charge in [0.2, 0.25) is 12.7 Å². The number of allylic oxidation sites excluding steroid dienone is 1. The Morgan fingerprint density at radius 2 is 2.04 bits per heavy atom. The third kappa shape index (κ3) is 3.53. The summed E-state index contributed by atoms with van der Waals surface area (Å²) in [6, 6.07) is 5.40. The fourth-order valence-corrected chi connectivity index (χ4v) is 2.87. The van der Waals surface area contributed by atoms with E-state index in [0.717, 1.165) is 10.1 Å². The maximum atomic E-state index is 6.00. The summed E-state index contributed by atoms with van der Waals surface area (Å²) in [7, 11) is 0. The topological polar surface area (TPSA) is 53.5 Å². The minimum atomic E-state index is 0.219. The van der Waals surface area contributed by atoms with E-state index in [9.17, 15) is 0 Å². The molecule has 3 rings (SSSR count). The lowest BCUT2D eigenvalue weighted by Crippen LogP contribution is -2.30. The van der Waals surface area contributed by atoms with Crippen LogP contribution in [0.25, 0.3) is 17.6 Å². The number of hydrogen-bond donors (Lipinski definition) is 0. The summed E-state index contributed by atoms with van der Waals surface area (Å²) in [6.07, 6.45) is 3.81. The van der Waals surface area contributed by atoms with Gasteiger partial charge in [-0.2, -0.15) is 4.98 Å². The van der Waals surface area contributed by atoms with Crippen LogP contribution in [0, 0.1) is 0 Å². The second kappa shape index (κ2) is 7.44. The lowest BCUT2D eigenvalue weighted by molar-refractivity contribution is 0.174. The lowest BCUT2D eigenvalue weighted by atomic mass is 10.3. The van der Waals surface area contributed by atoms with Crippen LogP contribution in [-0.4, -0.2) is 16.8 Å². The van der Waals surface area contributed by atoms with E-state index >= 15 is 0 Å². The predicted octanol–water partition coefficient (Wildman–Crippen LogP) is 3.45. The first kappa shape index (κ1) is 17.1. The molecule has 0 amide bonds. The third-order valence-corrected chi connectivity index (χ3v) is 4.37. The molecule has 0 bridgehead atoms. The van der Waals surface area contributed by atoms with Crippen molar-refractivity contribution in [2.45, 2.75) is 13.8 Å². The van der Waals surface area contributed by atoms with Gasteiger partial charge in [-0.05, 0) is 31.4 Å². The van der Waals surface area contributed by atoms with Crippen molar-refractivity contribution in [1.29, 1.82) is 0 Å². The molecular weight excluding hydrogens is 336 g/mol. The Morgan fingerprint density at radius 1 is 1.24 bits per heavy atom. The van der Waals surface area contributed by atoms with Crippen LogP contribution in [0.5, 0.6) is 23.1 Å². The van der Waals surface area contributed by atoms with Gasteiger partial charge >= 0.3 is 0 Å². The monoisotopic (exact) mass is 354 g/mol. The first-order valence-electron chi connectivity index (χ1n) is 7.71. The Bertz CT molecular complexity index is 954. The van der Waals surface area contributed by atoms with E-state index in [-0.39, 0.29) is 6.79 Å². The molecule has 2 aromatic rings. The van der Waals surface area contributed by atoms with Crippen molar-refractivity contribution in [3.05, 3.63) is 52.7 Å². The van der Waals surface area contributed by atoms with Crippen molar-refractivity contribution in [3.63, 3.8) is 0 Å². The van der Waals surface area contributed by atoms with Gasteiger partial charge < -0.3 is 14.2 Å². The van der Waals surface area contributed by atoms with Crippen LogP contribution in [-0.2, 0) is 0 Å². The van der Waals surface area contributed by atoms with Gasteiger partial charge in [-0.1, -0.05) is 37.1 Å². The van der Waals surface area contributed by atoms with Gasteiger partial charge in [0, 0.05) is 6.07 Å². The second-order valence-electron chi connectivity index (χ2n) is 5.06. The Morgan fingerprint density at radius 3 is 2.76 bits per heavy atom. The molecule has 1 aromatic carbocycles. The normalized spacial score (nSPS) is 13.8. The Labute approximate surface area is 150 Å². The average Bonchev–Trinajstić information content (AvgIpc) is 3.07. The molecule has 0 N–H and O–H groups in total. The zero-order valence-electron chi connectivity index (χ0n) is 14.1. The number of benzene rings is 1. The fraction of sp³-hybridized carbons (Fsp3) is 0.158. The van der Waals surface area contributed by atoms with Crippen molar-refractivity contribution in [2.24, 2.45) is 0 Å². The molecule has 0 saturated heterocycles. The Balaban J connectivity index is 2.04. The van der Waals surface area contributed by atoms with Gasteiger partial charge in [-0.25, -0.2) is 4.98 Å². The first-order valence-corrected chi connectivity index (χ1v) is 8.59. The maximum Gasteiger partial charge on any atom is 0.231 e.